The Kier molecular flexibility index (Phi) is 7.47. The summed E-state index contributed by atoms with van der Waals surface area (Å²) in [5.74, 6) is 0.828. The fourth-order valence-corrected chi connectivity index (χ4v) is 2.85. The molecule has 0 fully saturated rings. The topological polar surface area (TPSA) is 79.2 Å². The minimum atomic E-state index is -0.244. The van der Waals surface area contributed by atoms with Crippen molar-refractivity contribution in [3.05, 3.63) is 48.3 Å². The third kappa shape index (κ3) is 6.97. The second-order valence-corrected chi connectivity index (χ2v) is 6.76. The van der Waals surface area contributed by atoms with E-state index in [0.717, 1.165) is 12.0 Å². The smallest absolute Gasteiger partial charge is 0.319 e. The first-order chi connectivity index (χ1) is 12.1. The first-order valence-electron chi connectivity index (χ1n) is 8.79. The van der Waals surface area contributed by atoms with Gasteiger partial charge in [-0.25, -0.2) is 4.79 Å². The van der Waals surface area contributed by atoms with E-state index in [1.807, 2.05) is 36.5 Å². The molecule has 0 spiro atoms. The predicted octanol–water partition coefficient (Wildman–Crippen LogP) is 3.10. The molecular formula is C19H28N4O2. The van der Waals surface area contributed by atoms with E-state index >= 15 is 0 Å². The number of urea groups is 1. The molecular weight excluding hydrogens is 316 g/mol. The van der Waals surface area contributed by atoms with Crippen molar-refractivity contribution in [1.29, 1.82) is 0 Å². The van der Waals surface area contributed by atoms with Gasteiger partial charge in [-0.2, -0.15) is 5.10 Å². The van der Waals surface area contributed by atoms with E-state index in [0.29, 0.717) is 31.1 Å². The molecule has 0 radical (unpaired) electrons. The van der Waals surface area contributed by atoms with E-state index in [-0.39, 0.29) is 18.6 Å². The van der Waals surface area contributed by atoms with E-state index < -0.39 is 0 Å². The summed E-state index contributed by atoms with van der Waals surface area (Å²) in [6.45, 7) is 5.66. The third-order valence-electron chi connectivity index (χ3n) is 3.97. The molecule has 1 heterocycles. The quantitative estimate of drug-likeness (QED) is 0.654. The van der Waals surface area contributed by atoms with Crippen LogP contribution in [0.5, 0.6) is 0 Å². The van der Waals surface area contributed by atoms with Crippen molar-refractivity contribution in [1.82, 2.24) is 15.1 Å². The van der Waals surface area contributed by atoms with Gasteiger partial charge in [0.05, 0.1) is 18.4 Å². The third-order valence-corrected chi connectivity index (χ3v) is 3.97. The van der Waals surface area contributed by atoms with Gasteiger partial charge in [-0.3, -0.25) is 4.68 Å². The van der Waals surface area contributed by atoms with Crippen molar-refractivity contribution in [2.24, 2.45) is 11.8 Å². The lowest BCUT2D eigenvalue weighted by Gasteiger charge is -2.18. The summed E-state index contributed by atoms with van der Waals surface area (Å²) in [6.07, 6.45) is 5.14. The number of hydrogen-bond donors (Lipinski definition) is 3. The Morgan fingerprint density at radius 1 is 1.28 bits per heavy atom. The highest BCUT2D eigenvalue weighted by atomic mass is 16.3. The molecule has 25 heavy (non-hydrogen) atoms. The number of nitrogens with zero attached hydrogens (tertiary/aromatic N) is 2. The number of hydrogen-bond acceptors (Lipinski definition) is 3. The number of carbonyl (C=O) groups is 1. The molecule has 6 heteroatoms. The SMILES string of the molecule is CC(C)CC(CCO)CNC(=O)Nc1cnn(Cc2ccccc2)c1. The fraction of sp³-hybridized carbons (Fsp3) is 0.474. The van der Waals surface area contributed by atoms with Crippen molar-refractivity contribution in [3.63, 3.8) is 0 Å². The lowest BCUT2D eigenvalue weighted by Crippen LogP contribution is -2.33. The zero-order valence-corrected chi connectivity index (χ0v) is 15.0. The molecule has 3 N–H and O–H groups in total. The number of amides is 2. The second-order valence-electron chi connectivity index (χ2n) is 6.76. The lowest BCUT2D eigenvalue weighted by atomic mass is 9.94. The maximum Gasteiger partial charge on any atom is 0.319 e. The highest BCUT2D eigenvalue weighted by Crippen LogP contribution is 2.14. The second kappa shape index (κ2) is 9.84. The van der Waals surface area contributed by atoms with Gasteiger partial charge in [0.1, 0.15) is 0 Å². The molecule has 2 rings (SSSR count). The van der Waals surface area contributed by atoms with Crippen LogP contribution >= 0.6 is 0 Å². The number of carbonyl (C=O) groups excluding carboxylic acids is 1. The van der Waals surface area contributed by atoms with Crippen LogP contribution in [-0.4, -0.2) is 34.1 Å². The molecule has 0 aliphatic carbocycles. The summed E-state index contributed by atoms with van der Waals surface area (Å²) in [5, 5.41) is 19.1. The average Bonchev–Trinajstić information content (AvgIpc) is 3.00. The van der Waals surface area contributed by atoms with Crippen LogP contribution in [-0.2, 0) is 6.54 Å². The van der Waals surface area contributed by atoms with E-state index in [1.54, 1.807) is 10.9 Å². The van der Waals surface area contributed by atoms with Gasteiger partial charge in [0.2, 0.25) is 0 Å². The van der Waals surface area contributed by atoms with Crippen LogP contribution in [0.15, 0.2) is 42.7 Å². The normalized spacial score (nSPS) is 12.2. The first-order valence-corrected chi connectivity index (χ1v) is 8.79. The van der Waals surface area contributed by atoms with Crippen molar-refractivity contribution in [3.8, 4) is 0 Å². The van der Waals surface area contributed by atoms with E-state index in [9.17, 15) is 4.79 Å². The minimum Gasteiger partial charge on any atom is -0.396 e. The van der Waals surface area contributed by atoms with Gasteiger partial charge in [-0.05, 0) is 30.2 Å². The standard InChI is InChI=1S/C19H28N4O2/c1-15(2)10-17(8-9-24)11-20-19(25)22-18-12-21-23(14-18)13-16-6-4-3-5-7-16/h3-7,12,14-15,17,24H,8-11,13H2,1-2H3,(H2,20,22,25). The lowest BCUT2D eigenvalue weighted by molar-refractivity contribution is 0.231. The largest absolute Gasteiger partial charge is 0.396 e. The van der Waals surface area contributed by atoms with Gasteiger partial charge in [-0.1, -0.05) is 44.2 Å². The first kappa shape index (κ1) is 19.0. The fourth-order valence-electron chi connectivity index (χ4n) is 2.85. The van der Waals surface area contributed by atoms with E-state index in [1.165, 1.54) is 0 Å². The van der Waals surface area contributed by atoms with E-state index in [4.69, 9.17) is 5.11 Å². The molecule has 0 saturated carbocycles. The predicted molar refractivity (Wildman–Crippen MR) is 99.4 cm³/mol. The Morgan fingerprint density at radius 3 is 2.72 bits per heavy atom. The summed E-state index contributed by atoms with van der Waals surface area (Å²) in [5.41, 5.74) is 1.82. The van der Waals surface area contributed by atoms with Crippen LogP contribution in [0.4, 0.5) is 10.5 Å². The van der Waals surface area contributed by atoms with Gasteiger partial charge < -0.3 is 15.7 Å². The number of aromatic nitrogens is 2. The van der Waals surface area contributed by atoms with Gasteiger partial charge >= 0.3 is 6.03 Å². The molecule has 0 aliphatic rings. The zero-order chi connectivity index (χ0) is 18.1. The maximum atomic E-state index is 12.1. The van der Waals surface area contributed by atoms with Crippen LogP contribution in [0.25, 0.3) is 0 Å². The molecule has 1 aromatic carbocycles. The van der Waals surface area contributed by atoms with Crippen LogP contribution < -0.4 is 10.6 Å². The molecule has 136 valence electrons. The van der Waals surface area contributed by atoms with Crippen LogP contribution in [0.2, 0.25) is 0 Å². The maximum absolute atomic E-state index is 12.1. The van der Waals surface area contributed by atoms with Crippen LogP contribution in [0.1, 0.15) is 32.3 Å². The summed E-state index contributed by atoms with van der Waals surface area (Å²) in [6, 6.07) is 9.80. The minimum absolute atomic E-state index is 0.146. The monoisotopic (exact) mass is 344 g/mol. The van der Waals surface area contributed by atoms with Crippen molar-refractivity contribution >= 4 is 11.7 Å². The van der Waals surface area contributed by atoms with Crippen LogP contribution in [0.3, 0.4) is 0 Å². The highest BCUT2D eigenvalue weighted by Gasteiger charge is 2.12. The number of rotatable bonds is 9. The molecule has 1 atom stereocenters. The number of aliphatic hydroxyl groups is 1. The van der Waals surface area contributed by atoms with E-state index in [2.05, 4.69) is 29.6 Å². The molecule has 0 bridgehead atoms. The Hall–Kier alpha value is -2.34. The molecule has 1 unspecified atom stereocenters. The van der Waals surface area contributed by atoms with Crippen molar-refractivity contribution in [2.45, 2.75) is 33.2 Å². The summed E-state index contributed by atoms with van der Waals surface area (Å²) < 4.78 is 1.79. The number of nitrogens with one attached hydrogen (secondary N) is 2. The van der Waals surface area contributed by atoms with Crippen molar-refractivity contribution in [2.75, 3.05) is 18.5 Å². The number of aliphatic hydroxyl groups excluding tert-OH is 1. The molecule has 1 aromatic heterocycles. The summed E-state index contributed by atoms with van der Waals surface area (Å²) >= 11 is 0. The Labute approximate surface area is 149 Å². The van der Waals surface area contributed by atoms with Gasteiger partial charge in [-0.15, -0.1) is 0 Å². The molecule has 0 saturated heterocycles. The zero-order valence-electron chi connectivity index (χ0n) is 15.0. The summed E-state index contributed by atoms with van der Waals surface area (Å²) in [4.78, 5) is 12.1. The Balaban J connectivity index is 1.80. The van der Waals surface area contributed by atoms with Crippen molar-refractivity contribution < 1.29 is 9.90 Å². The van der Waals surface area contributed by atoms with Crippen LogP contribution in [0, 0.1) is 11.8 Å². The van der Waals surface area contributed by atoms with Gasteiger partial charge in [0.25, 0.3) is 0 Å². The molecule has 2 amide bonds. The van der Waals surface area contributed by atoms with Gasteiger partial charge in [0, 0.05) is 19.3 Å². The summed E-state index contributed by atoms with van der Waals surface area (Å²) in [7, 11) is 0. The molecule has 2 aromatic rings. The number of anilines is 1. The average molecular weight is 344 g/mol. The Morgan fingerprint density at radius 2 is 2.04 bits per heavy atom. The molecule has 6 nitrogen and oxygen atoms in total. The Bertz CT molecular complexity index is 640. The number of benzene rings is 1. The highest BCUT2D eigenvalue weighted by molar-refractivity contribution is 5.88. The van der Waals surface area contributed by atoms with Gasteiger partial charge in [0.15, 0.2) is 0 Å². The molecule has 0 aliphatic heterocycles.